The Labute approximate surface area is 213 Å². The number of amides is 2. The molecule has 0 saturated carbocycles. The van der Waals surface area contributed by atoms with Crippen LogP contribution in [0.15, 0.2) is 23.5 Å². The number of fused-ring (bicyclic) bond motifs is 1. The Morgan fingerprint density at radius 3 is 2.42 bits per heavy atom. The molecule has 1 unspecified atom stereocenters. The fourth-order valence-corrected chi connectivity index (χ4v) is 4.90. The minimum atomic E-state index is -4.95. The van der Waals surface area contributed by atoms with Gasteiger partial charge in [-0.1, -0.05) is 28.4 Å². The van der Waals surface area contributed by atoms with Gasteiger partial charge >= 0.3 is 6.18 Å². The third-order valence-corrected chi connectivity index (χ3v) is 6.85. The molecule has 0 fully saturated rings. The number of likely N-dealkylation sites (N-methyl/N-ethyl adjacent to an activating group) is 1. The number of nitrogens with one attached hydrogen (secondary N) is 2. The van der Waals surface area contributed by atoms with Crippen molar-refractivity contribution >= 4 is 40.7 Å². The van der Waals surface area contributed by atoms with Crippen molar-refractivity contribution < 1.29 is 32.0 Å². The fraction of sp³-hybridized carbons (Fsp3) is 0.391. The van der Waals surface area contributed by atoms with Crippen LogP contribution in [0.25, 0.3) is 0 Å². The first-order chi connectivity index (χ1) is 16.9. The molecule has 4 rings (SSSR count). The van der Waals surface area contributed by atoms with Crippen molar-refractivity contribution in [2.45, 2.75) is 50.4 Å². The van der Waals surface area contributed by atoms with Crippen molar-refractivity contribution in [3.8, 4) is 0 Å². The molecule has 36 heavy (non-hydrogen) atoms. The number of benzene rings is 1. The number of aromatic nitrogens is 1. The van der Waals surface area contributed by atoms with Crippen LogP contribution >= 0.6 is 23.2 Å². The molecule has 2 heterocycles. The predicted molar refractivity (Wildman–Crippen MR) is 124 cm³/mol. The quantitative estimate of drug-likeness (QED) is 0.427. The van der Waals surface area contributed by atoms with Gasteiger partial charge in [-0.25, -0.2) is 4.39 Å². The van der Waals surface area contributed by atoms with E-state index in [1.165, 1.54) is 20.2 Å². The molecule has 2 atom stereocenters. The summed E-state index contributed by atoms with van der Waals surface area (Å²) in [6.45, 7) is 1.51. The van der Waals surface area contributed by atoms with Gasteiger partial charge < -0.3 is 15.5 Å². The lowest BCUT2D eigenvalue weighted by molar-refractivity contribution is -0.275. The van der Waals surface area contributed by atoms with E-state index in [2.05, 4.69) is 20.8 Å². The molecule has 2 N–H and O–H groups in total. The van der Waals surface area contributed by atoms with Gasteiger partial charge in [-0.15, -0.1) is 0 Å². The maximum absolute atomic E-state index is 14.3. The van der Waals surface area contributed by atoms with Crippen LogP contribution in [0.2, 0.25) is 10.0 Å². The summed E-state index contributed by atoms with van der Waals surface area (Å²) in [4.78, 5) is 33.7. The van der Waals surface area contributed by atoms with E-state index < -0.39 is 57.5 Å². The highest BCUT2D eigenvalue weighted by molar-refractivity contribution is 6.35. The van der Waals surface area contributed by atoms with E-state index in [-0.39, 0.29) is 11.4 Å². The number of oxime groups is 1. The van der Waals surface area contributed by atoms with Crippen molar-refractivity contribution in [3.63, 3.8) is 0 Å². The van der Waals surface area contributed by atoms with Gasteiger partial charge in [-0.05, 0) is 49.4 Å². The fourth-order valence-electron chi connectivity index (χ4n) is 4.42. The van der Waals surface area contributed by atoms with E-state index in [0.717, 1.165) is 12.1 Å². The molecule has 1 aromatic heterocycles. The molecule has 1 aliphatic heterocycles. The molecule has 13 heteroatoms. The Kier molecular flexibility index (Phi) is 6.91. The molecule has 0 saturated heterocycles. The summed E-state index contributed by atoms with van der Waals surface area (Å²) in [5.41, 5.74) is -1.82. The second-order valence-electron chi connectivity index (χ2n) is 8.53. The highest BCUT2D eigenvalue weighted by Gasteiger charge is 2.62. The van der Waals surface area contributed by atoms with E-state index >= 15 is 0 Å². The number of pyridine rings is 1. The van der Waals surface area contributed by atoms with Gasteiger partial charge in [-0.2, -0.15) is 13.2 Å². The molecule has 0 bridgehead atoms. The van der Waals surface area contributed by atoms with Crippen LogP contribution in [0.1, 0.15) is 52.5 Å². The van der Waals surface area contributed by atoms with Crippen LogP contribution in [-0.4, -0.2) is 41.8 Å². The lowest BCUT2D eigenvalue weighted by atomic mass is 9.85. The highest BCUT2D eigenvalue weighted by Crippen LogP contribution is 2.50. The first-order valence-corrected chi connectivity index (χ1v) is 11.7. The molecular formula is C23H20Cl2F4N4O3. The number of hydrogen-bond acceptors (Lipinski definition) is 5. The van der Waals surface area contributed by atoms with Gasteiger partial charge in [0.15, 0.2) is 5.82 Å². The smallest absolute Gasteiger partial charge is 0.374 e. The Hall–Kier alpha value is -2.92. The third kappa shape index (κ3) is 4.39. The maximum Gasteiger partial charge on any atom is 0.435 e. The first-order valence-electron chi connectivity index (χ1n) is 10.9. The molecule has 192 valence electrons. The summed E-state index contributed by atoms with van der Waals surface area (Å²) >= 11 is 11.5. The van der Waals surface area contributed by atoms with Crippen molar-refractivity contribution in [2.75, 3.05) is 7.05 Å². The molecule has 2 amide bonds. The molecular weight excluding hydrogens is 527 g/mol. The van der Waals surface area contributed by atoms with Crippen LogP contribution in [0.3, 0.4) is 0 Å². The number of rotatable bonds is 5. The zero-order valence-electron chi connectivity index (χ0n) is 19.0. The second kappa shape index (κ2) is 9.51. The van der Waals surface area contributed by atoms with Crippen molar-refractivity contribution in [1.29, 1.82) is 0 Å². The van der Waals surface area contributed by atoms with Crippen molar-refractivity contribution in [2.24, 2.45) is 5.16 Å². The predicted octanol–water partition coefficient (Wildman–Crippen LogP) is 4.46. The summed E-state index contributed by atoms with van der Waals surface area (Å²) < 4.78 is 56.9. The molecule has 2 aliphatic rings. The van der Waals surface area contributed by atoms with Crippen LogP contribution in [0, 0.1) is 5.82 Å². The number of halogens is 6. The van der Waals surface area contributed by atoms with Crippen LogP contribution in [-0.2, 0) is 28.1 Å². The first kappa shape index (κ1) is 26.2. The van der Waals surface area contributed by atoms with Gasteiger partial charge in [0.05, 0.1) is 22.2 Å². The largest absolute Gasteiger partial charge is 0.435 e. The van der Waals surface area contributed by atoms with Crippen molar-refractivity contribution in [1.82, 2.24) is 15.6 Å². The van der Waals surface area contributed by atoms with Gasteiger partial charge in [0.1, 0.15) is 11.7 Å². The Morgan fingerprint density at radius 1 is 1.17 bits per heavy atom. The average molecular weight is 547 g/mol. The minimum Gasteiger partial charge on any atom is -0.374 e. The van der Waals surface area contributed by atoms with Gasteiger partial charge in [0, 0.05) is 24.4 Å². The average Bonchev–Trinajstić information content (AvgIpc) is 3.49. The van der Waals surface area contributed by atoms with Crippen LogP contribution < -0.4 is 10.6 Å². The summed E-state index contributed by atoms with van der Waals surface area (Å²) in [6.07, 6.45) is -2.78. The van der Waals surface area contributed by atoms with Gasteiger partial charge in [0.2, 0.25) is 5.91 Å². The maximum atomic E-state index is 14.3. The topological polar surface area (TPSA) is 92.7 Å². The zero-order chi connectivity index (χ0) is 26.4. The summed E-state index contributed by atoms with van der Waals surface area (Å²) in [5, 5.41) is 7.57. The van der Waals surface area contributed by atoms with Gasteiger partial charge in [0.25, 0.3) is 11.5 Å². The third-order valence-electron chi connectivity index (χ3n) is 6.30. The molecule has 1 aromatic carbocycles. The molecule has 2 aromatic rings. The number of hydrogen-bond donors (Lipinski definition) is 2. The number of nitrogens with zero attached hydrogens (tertiary/aromatic N) is 2. The monoisotopic (exact) mass is 546 g/mol. The Balaban J connectivity index is 1.69. The van der Waals surface area contributed by atoms with E-state index in [1.54, 1.807) is 0 Å². The number of alkyl halides is 3. The Morgan fingerprint density at radius 2 is 1.81 bits per heavy atom. The molecule has 0 radical (unpaired) electrons. The number of carbonyl (C=O) groups excluding carboxylic acids is 2. The van der Waals surface area contributed by atoms with E-state index in [9.17, 15) is 27.2 Å². The molecule has 1 aliphatic carbocycles. The van der Waals surface area contributed by atoms with Gasteiger partial charge in [-0.3, -0.25) is 14.6 Å². The standard InChI is InChI=1S/C23H20Cl2F4N4O3/c1-10(20(34)30-2)32-21(35)19-13-5-3-4-12(13)14(9-31-19)17-8-22(36-33-17,23(27,28)29)11-6-15(24)18(26)16(25)7-11/h6-7,9-10H,3-5,8H2,1-2H3,(H,30,34)(H,32,35)/t10-,22?/m1/s1. The van der Waals surface area contributed by atoms with Crippen LogP contribution in [0.4, 0.5) is 17.6 Å². The number of carbonyl (C=O) groups is 2. The van der Waals surface area contributed by atoms with E-state index in [0.29, 0.717) is 36.0 Å². The molecule has 7 nitrogen and oxygen atoms in total. The van der Waals surface area contributed by atoms with E-state index in [4.69, 9.17) is 28.0 Å². The lowest BCUT2D eigenvalue weighted by Gasteiger charge is -2.29. The minimum absolute atomic E-state index is 0.0276. The normalized spacial score (nSPS) is 19.8. The summed E-state index contributed by atoms with van der Waals surface area (Å²) in [6, 6.07) is 0.826. The summed E-state index contributed by atoms with van der Waals surface area (Å²) in [5.74, 6) is -2.00. The van der Waals surface area contributed by atoms with Crippen LogP contribution in [0.5, 0.6) is 0 Å². The second-order valence-corrected chi connectivity index (χ2v) is 9.34. The SMILES string of the molecule is CNC(=O)[C@@H](C)NC(=O)c1ncc(C2=NOC(c3cc(Cl)c(F)c(Cl)c3)(C(F)(F)F)C2)c2c1CCC2. The zero-order valence-corrected chi connectivity index (χ0v) is 20.5. The van der Waals surface area contributed by atoms with E-state index in [1.807, 2.05) is 0 Å². The Bertz CT molecular complexity index is 1260. The highest BCUT2D eigenvalue weighted by atomic mass is 35.5. The molecule has 0 spiro atoms. The van der Waals surface area contributed by atoms with Crippen molar-refractivity contribution in [3.05, 3.63) is 62.1 Å². The lowest BCUT2D eigenvalue weighted by Crippen LogP contribution is -2.44. The summed E-state index contributed by atoms with van der Waals surface area (Å²) in [7, 11) is 1.44.